The van der Waals surface area contributed by atoms with E-state index in [1.54, 1.807) is 35.0 Å². The van der Waals surface area contributed by atoms with Crippen LogP contribution in [0.4, 0.5) is 5.69 Å². The van der Waals surface area contributed by atoms with Gasteiger partial charge in [0.2, 0.25) is 0 Å². The number of halogens is 1. The Bertz CT molecular complexity index is 754. The highest BCUT2D eigenvalue weighted by Gasteiger charge is 2.17. The predicted octanol–water partition coefficient (Wildman–Crippen LogP) is 2.51. The quantitative estimate of drug-likeness (QED) is 0.887. The maximum atomic E-state index is 12.4. The van der Waals surface area contributed by atoms with Crippen LogP contribution < -0.4 is 10.0 Å². The van der Waals surface area contributed by atoms with E-state index in [2.05, 4.69) is 10.0 Å². The van der Waals surface area contributed by atoms with E-state index in [1.807, 2.05) is 21.0 Å². The Kier molecular flexibility index (Phi) is 4.61. The maximum Gasteiger partial charge on any atom is 0.263 e. The normalized spacial score (nSPS) is 11.6. The molecule has 0 aliphatic rings. The first-order chi connectivity index (χ1) is 9.83. The molecular formula is C14H18ClN3O2S. The molecule has 0 spiro atoms. The zero-order valence-corrected chi connectivity index (χ0v) is 13.7. The van der Waals surface area contributed by atoms with Crippen molar-refractivity contribution in [1.29, 1.82) is 0 Å². The van der Waals surface area contributed by atoms with Gasteiger partial charge in [-0.2, -0.15) is 0 Å². The third-order valence-corrected chi connectivity index (χ3v) is 4.93. The van der Waals surface area contributed by atoms with E-state index in [-0.39, 0.29) is 4.90 Å². The van der Waals surface area contributed by atoms with Gasteiger partial charge in [0.25, 0.3) is 10.0 Å². The Morgan fingerprint density at radius 3 is 2.62 bits per heavy atom. The van der Waals surface area contributed by atoms with Gasteiger partial charge in [-0.15, -0.1) is 0 Å². The number of aryl methyl sites for hydroxylation is 2. The molecule has 0 atom stereocenters. The monoisotopic (exact) mass is 327 g/mol. The van der Waals surface area contributed by atoms with Gasteiger partial charge in [-0.25, -0.2) is 8.42 Å². The van der Waals surface area contributed by atoms with Crippen molar-refractivity contribution in [3.05, 3.63) is 46.7 Å². The van der Waals surface area contributed by atoms with E-state index in [0.717, 1.165) is 11.3 Å². The topological polar surface area (TPSA) is 63.1 Å². The van der Waals surface area contributed by atoms with Crippen molar-refractivity contribution in [3.63, 3.8) is 0 Å². The molecular weight excluding hydrogens is 310 g/mol. The molecule has 1 aromatic carbocycles. The lowest BCUT2D eigenvalue weighted by molar-refractivity contribution is 0.601. The molecule has 0 unspecified atom stereocenters. The van der Waals surface area contributed by atoms with Crippen LogP contribution in [-0.4, -0.2) is 20.0 Å². The molecule has 0 bridgehead atoms. The summed E-state index contributed by atoms with van der Waals surface area (Å²) in [7, 11) is 0.00697. The Morgan fingerprint density at radius 1 is 1.29 bits per heavy atom. The maximum absolute atomic E-state index is 12.4. The third kappa shape index (κ3) is 3.58. The molecule has 2 N–H and O–H groups in total. The summed E-state index contributed by atoms with van der Waals surface area (Å²) >= 11 is 6.01. The molecule has 0 amide bonds. The van der Waals surface area contributed by atoms with Crippen molar-refractivity contribution in [1.82, 2.24) is 9.88 Å². The van der Waals surface area contributed by atoms with Crippen LogP contribution in [0.2, 0.25) is 5.02 Å². The molecule has 0 radical (unpaired) electrons. The van der Waals surface area contributed by atoms with Crippen LogP contribution in [0.3, 0.4) is 0 Å². The largest absolute Gasteiger partial charge is 0.352 e. The molecule has 1 heterocycles. The van der Waals surface area contributed by atoms with Gasteiger partial charge in [-0.3, -0.25) is 4.72 Å². The van der Waals surface area contributed by atoms with Crippen molar-refractivity contribution < 1.29 is 8.42 Å². The van der Waals surface area contributed by atoms with Gasteiger partial charge in [0, 0.05) is 30.5 Å². The Hall–Kier alpha value is -1.50. The average Bonchev–Trinajstić information content (AvgIpc) is 2.77. The molecule has 2 rings (SSSR count). The molecule has 0 fully saturated rings. The Labute approximate surface area is 130 Å². The van der Waals surface area contributed by atoms with Gasteiger partial charge >= 0.3 is 0 Å². The molecule has 5 nitrogen and oxygen atoms in total. The molecule has 0 aliphatic carbocycles. The molecule has 0 saturated heterocycles. The fourth-order valence-electron chi connectivity index (χ4n) is 1.95. The zero-order chi connectivity index (χ0) is 15.6. The first-order valence-electron chi connectivity index (χ1n) is 6.42. The highest BCUT2D eigenvalue weighted by Crippen LogP contribution is 2.23. The molecule has 0 aliphatic heterocycles. The van der Waals surface area contributed by atoms with E-state index in [9.17, 15) is 8.42 Å². The molecule has 114 valence electrons. The van der Waals surface area contributed by atoms with Gasteiger partial charge in [0.15, 0.2) is 0 Å². The summed E-state index contributed by atoms with van der Waals surface area (Å²) < 4.78 is 29.1. The summed E-state index contributed by atoms with van der Waals surface area (Å²) in [5, 5.41) is 3.53. The molecule has 2 aromatic rings. The number of rotatable bonds is 5. The van der Waals surface area contributed by atoms with E-state index >= 15 is 0 Å². The summed E-state index contributed by atoms with van der Waals surface area (Å²) in [6.45, 7) is 2.46. The summed E-state index contributed by atoms with van der Waals surface area (Å²) in [6, 6.07) is 6.72. The van der Waals surface area contributed by atoms with E-state index < -0.39 is 10.0 Å². The van der Waals surface area contributed by atoms with E-state index in [0.29, 0.717) is 17.3 Å². The molecule has 1 aromatic heterocycles. The molecule has 0 saturated carbocycles. The van der Waals surface area contributed by atoms with Crippen molar-refractivity contribution in [2.24, 2.45) is 7.05 Å². The standard InChI is InChI=1S/C14H18ClN3O2S/c1-10-4-5-11(6-14(10)15)17-21(19,20)13-7-12(8-16-2)18(3)9-13/h4-7,9,16-17H,8H2,1-3H3. The van der Waals surface area contributed by atoms with Gasteiger partial charge in [0.1, 0.15) is 4.90 Å². The second-order valence-electron chi connectivity index (χ2n) is 4.88. The van der Waals surface area contributed by atoms with Crippen LogP contribution >= 0.6 is 11.6 Å². The van der Waals surface area contributed by atoms with Crippen LogP contribution in [0.15, 0.2) is 35.4 Å². The fraction of sp³-hybridized carbons (Fsp3) is 0.286. The first kappa shape index (κ1) is 15.9. The summed E-state index contributed by atoms with van der Waals surface area (Å²) in [6.07, 6.45) is 1.59. The highest BCUT2D eigenvalue weighted by molar-refractivity contribution is 7.92. The lowest BCUT2D eigenvalue weighted by Crippen LogP contribution is -2.12. The zero-order valence-electron chi connectivity index (χ0n) is 12.1. The number of hydrogen-bond donors (Lipinski definition) is 2. The second-order valence-corrected chi connectivity index (χ2v) is 6.97. The summed E-state index contributed by atoms with van der Waals surface area (Å²) in [4.78, 5) is 0.229. The van der Waals surface area contributed by atoms with Crippen molar-refractivity contribution in [2.45, 2.75) is 18.4 Å². The van der Waals surface area contributed by atoms with Crippen LogP contribution in [0, 0.1) is 6.92 Å². The lowest BCUT2D eigenvalue weighted by atomic mass is 10.2. The number of aromatic nitrogens is 1. The number of hydrogen-bond acceptors (Lipinski definition) is 3. The van der Waals surface area contributed by atoms with Gasteiger partial charge in [-0.05, 0) is 37.7 Å². The average molecular weight is 328 g/mol. The van der Waals surface area contributed by atoms with Gasteiger partial charge in [0.05, 0.1) is 5.69 Å². The molecule has 21 heavy (non-hydrogen) atoms. The minimum atomic E-state index is -3.62. The number of anilines is 1. The minimum absolute atomic E-state index is 0.229. The highest BCUT2D eigenvalue weighted by atomic mass is 35.5. The number of nitrogens with one attached hydrogen (secondary N) is 2. The van der Waals surface area contributed by atoms with Crippen molar-refractivity contribution in [3.8, 4) is 0 Å². The third-order valence-electron chi connectivity index (χ3n) is 3.18. The van der Waals surface area contributed by atoms with Gasteiger partial charge in [-0.1, -0.05) is 17.7 Å². The van der Waals surface area contributed by atoms with Crippen LogP contribution in [0.5, 0.6) is 0 Å². The minimum Gasteiger partial charge on any atom is -0.352 e. The summed E-state index contributed by atoms with van der Waals surface area (Å²) in [5.74, 6) is 0. The van der Waals surface area contributed by atoms with Crippen LogP contribution in [-0.2, 0) is 23.6 Å². The number of nitrogens with zero attached hydrogens (tertiary/aromatic N) is 1. The smallest absolute Gasteiger partial charge is 0.263 e. The van der Waals surface area contributed by atoms with Crippen LogP contribution in [0.1, 0.15) is 11.3 Å². The van der Waals surface area contributed by atoms with E-state index in [4.69, 9.17) is 11.6 Å². The van der Waals surface area contributed by atoms with Gasteiger partial charge < -0.3 is 9.88 Å². The number of sulfonamides is 1. The van der Waals surface area contributed by atoms with E-state index in [1.165, 1.54) is 0 Å². The van der Waals surface area contributed by atoms with Crippen LogP contribution in [0.25, 0.3) is 0 Å². The van der Waals surface area contributed by atoms with Crippen molar-refractivity contribution in [2.75, 3.05) is 11.8 Å². The Balaban J connectivity index is 2.29. The Morgan fingerprint density at radius 2 is 2.00 bits per heavy atom. The van der Waals surface area contributed by atoms with Crippen molar-refractivity contribution >= 4 is 27.3 Å². The number of benzene rings is 1. The fourth-order valence-corrected chi connectivity index (χ4v) is 3.28. The predicted molar refractivity (Wildman–Crippen MR) is 85.2 cm³/mol. The lowest BCUT2D eigenvalue weighted by Gasteiger charge is -2.07. The second kappa shape index (κ2) is 6.09. The SMILES string of the molecule is CNCc1cc(S(=O)(=O)Nc2ccc(C)c(Cl)c2)cn1C. The molecule has 7 heteroatoms. The summed E-state index contributed by atoms with van der Waals surface area (Å²) in [5.41, 5.74) is 2.24. The first-order valence-corrected chi connectivity index (χ1v) is 8.28.